The van der Waals surface area contributed by atoms with Gasteiger partial charge in [0.2, 0.25) is 5.78 Å². The molecule has 0 unspecified atom stereocenters. The van der Waals surface area contributed by atoms with Crippen LogP contribution in [0.4, 0.5) is 0 Å². The Balaban J connectivity index is 2.45. The Labute approximate surface area is 104 Å². The molecule has 0 radical (unpaired) electrons. The van der Waals surface area contributed by atoms with E-state index in [2.05, 4.69) is 21.0 Å². The van der Waals surface area contributed by atoms with E-state index >= 15 is 0 Å². The van der Waals surface area contributed by atoms with Crippen molar-refractivity contribution in [2.45, 2.75) is 0 Å². The highest BCUT2D eigenvalue weighted by Gasteiger charge is 2.18. The van der Waals surface area contributed by atoms with Crippen LogP contribution in [0.25, 0.3) is 0 Å². The molecule has 0 amide bonds. The third kappa shape index (κ3) is 2.00. The largest absolute Gasteiger partial charge is 0.286 e. The molecule has 3 nitrogen and oxygen atoms in total. The average molecular weight is 306 g/mol. The van der Waals surface area contributed by atoms with E-state index in [0.29, 0.717) is 15.6 Å². The van der Waals surface area contributed by atoms with Crippen LogP contribution in [0.1, 0.15) is 15.4 Å². The van der Waals surface area contributed by atoms with Gasteiger partial charge in [0.15, 0.2) is 0 Å². The highest BCUT2D eigenvalue weighted by molar-refractivity contribution is 9.11. The van der Waals surface area contributed by atoms with Crippen molar-refractivity contribution in [3.63, 3.8) is 0 Å². The number of nitrogens with zero attached hydrogens (tertiary/aromatic N) is 2. The molecular formula is C9H6BrClN2OS. The summed E-state index contributed by atoms with van der Waals surface area (Å²) in [6.45, 7) is 0. The number of carbonyl (C=O) groups excluding carboxylic acids is 1. The molecule has 0 N–H and O–H groups in total. The minimum absolute atomic E-state index is 0.101. The van der Waals surface area contributed by atoms with Crippen molar-refractivity contribution in [3.8, 4) is 0 Å². The highest BCUT2D eigenvalue weighted by Crippen LogP contribution is 2.26. The smallest absolute Gasteiger partial charge is 0.222 e. The van der Waals surface area contributed by atoms with Crippen LogP contribution in [0.15, 0.2) is 22.1 Å². The number of carbonyl (C=O) groups is 1. The molecule has 0 aromatic carbocycles. The molecule has 6 heteroatoms. The number of thiophene rings is 1. The van der Waals surface area contributed by atoms with Gasteiger partial charge in [-0.15, -0.1) is 11.3 Å². The first kappa shape index (κ1) is 10.9. The van der Waals surface area contributed by atoms with Crippen molar-refractivity contribution in [2.24, 2.45) is 7.05 Å². The van der Waals surface area contributed by atoms with Gasteiger partial charge in [-0.05, 0) is 28.1 Å². The van der Waals surface area contributed by atoms with Gasteiger partial charge in [-0.2, -0.15) is 5.10 Å². The lowest BCUT2D eigenvalue weighted by Gasteiger charge is -1.98. The molecule has 0 spiro atoms. The van der Waals surface area contributed by atoms with Gasteiger partial charge >= 0.3 is 0 Å². The molecule has 15 heavy (non-hydrogen) atoms. The molecule has 2 aromatic heterocycles. The Kier molecular flexibility index (Phi) is 2.95. The monoisotopic (exact) mass is 304 g/mol. The van der Waals surface area contributed by atoms with Gasteiger partial charge in [-0.1, -0.05) is 11.6 Å². The fraction of sp³-hybridized carbons (Fsp3) is 0.111. The first-order chi connectivity index (χ1) is 7.09. The van der Waals surface area contributed by atoms with E-state index < -0.39 is 0 Å². The second-order valence-electron chi connectivity index (χ2n) is 2.90. The normalized spacial score (nSPS) is 10.6. The molecule has 0 atom stereocenters. The van der Waals surface area contributed by atoms with Crippen LogP contribution >= 0.6 is 38.9 Å². The maximum Gasteiger partial charge on any atom is 0.222 e. The summed E-state index contributed by atoms with van der Waals surface area (Å²) in [7, 11) is 1.70. The van der Waals surface area contributed by atoms with Crippen LogP contribution in [0.3, 0.4) is 0 Å². The van der Waals surface area contributed by atoms with Gasteiger partial charge in [0.1, 0.15) is 5.69 Å². The number of halogens is 2. The van der Waals surface area contributed by atoms with Crippen LogP contribution < -0.4 is 0 Å². The molecule has 0 bridgehead atoms. The summed E-state index contributed by atoms with van der Waals surface area (Å²) in [5, 5.41) is 4.31. The number of rotatable bonds is 2. The third-order valence-electron chi connectivity index (χ3n) is 1.91. The number of hydrogen-bond donors (Lipinski definition) is 0. The zero-order chi connectivity index (χ0) is 11.0. The summed E-state index contributed by atoms with van der Waals surface area (Å²) in [4.78, 5) is 12.7. The van der Waals surface area contributed by atoms with Gasteiger partial charge in [-0.25, -0.2) is 0 Å². The van der Waals surface area contributed by atoms with Crippen LogP contribution in [0, 0.1) is 0 Å². The van der Waals surface area contributed by atoms with E-state index in [-0.39, 0.29) is 5.78 Å². The molecule has 78 valence electrons. The maximum atomic E-state index is 12.0. The molecule has 0 fully saturated rings. The summed E-state index contributed by atoms with van der Waals surface area (Å²) < 4.78 is 2.40. The molecular weight excluding hydrogens is 300 g/mol. The zero-order valence-corrected chi connectivity index (χ0v) is 10.9. The lowest BCUT2D eigenvalue weighted by Crippen LogP contribution is -2.07. The van der Waals surface area contributed by atoms with Crippen LogP contribution in [0.2, 0.25) is 5.02 Å². The van der Waals surface area contributed by atoms with Gasteiger partial charge in [-0.3, -0.25) is 9.48 Å². The van der Waals surface area contributed by atoms with Crippen molar-refractivity contribution < 1.29 is 4.79 Å². The third-order valence-corrected chi connectivity index (χ3v) is 3.81. The van der Waals surface area contributed by atoms with E-state index in [1.807, 2.05) is 6.07 Å². The number of hydrogen-bond acceptors (Lipinski definition) is 3. The van der Waals surface area contributed by atoms with Crippen LogP contribution in [0.5, 0.6) is 0 Å². The fourth-order valence-corrected chi connectivity index (χ4v) is 2.80. The molecule has 0 saturated carbocycles. The molecule has 0 aliphatic rings. The standard InChI is InChI=1S/C9H6BrClN2OS/c1-13-8(5(11)4-12-13)9(14)6-2-3-7(10)15-6/h2-4H,1H3. The predicted octanol–water partition coefficient (Wildman–Crippen LogP) is 3.13. The molecule has 2 rings (SSSR count). The maximum absolute atomic E-state index is 12.0. The quantitative estimate of drug-likeness (QED) is 0.799. The molecule has 0 aliphatic carbocycles. The SMILES string of the molecule is Cn1ncc(Cl)c1C(=O)c1ccc(Br)s1. The fourth-order valence-electron chi connectivity index (χ4n) is 1.22. The van der Waals surface area contributed by atoms with E-state index in [1.54, 1.807) is 13.1 Å². The van der Waals surface area contributed by atoms with Crippen molar-refractivity contribution in [3.05, 3.63) is 37.7 Å². The van der Waals surface area contributed by atoms with Crippen LogP contribution in [-0.2, 0) is 7.05 Å². The van der Waals surface area contributed by atoms with E-state index in [1.165, 1.54) is 22.2 Å². The van der Waals surface area contributed by atoms with E-state index in [0.717, 1.165) is 3.79 Å². The molecule has 2 heterocycles. The second-order valence-corrected chi connectivity index (χ2v) is 5.77. The van der Waals surface area contributed by atoms with Gasteiger partial charge < -0.3 is 0 Å². The Morgan fingerprint density at radius 2 is 2.33 bits per heavy atom. The van der Waals surface area contributed by atoms with E-state index in [4.69, 9.17) is 11.6 Å². The minimum Gasteiger partial charge on any atom is -0.286 e. The molecule has 2 aromatic rings. The minimum atomic E-state index is -0.101. The Morgan fingerprint density at radius 1 is 1.60 bits per heavy atom. The van der Waals surface area contributed by atoms with Crippen molar-refractivity contribution in [1.82, 2.24) is 9.78 Å². The zero-order valence-electron chi connectivity index (χ0n) is 7.70. The second kappa shape index (κ2) is 4.08. The van der Waals surface area contributed by atoms with Crippen molar-refractivity contribution >= 4 is 44.7 Å². The van der Waals surface area contributed by atoms with Gasteiger partial charge in [0, 0.05) is 7.05 Å². The number of ketones is 1. The van der Waals surface area contributed by atoms with Gasteiger partial charge in [0.25, 0.3) is 0 Å². The lowest BCUT2D eigenvalue weighted by atomic mass is 10.2. The summed E-state index contributed by atoms with van der Waals surface area (Å²) in [6, 6.07) is 3.60. The summed E-state index contributed by atoms with van der Waals surface area (Å²) in [5.41, 5.74) is 0.422. The van der Waals surface area contributed by atoms with Crippen LogP contribution in [-0.4, -0.2) is 15.6 Å². The van der Waals surface area contributed by atoms with Gasteiger partial charge in [0.05, 0.1) is 19.9 Å². The summed E-state index contributed by atoms with van der Waals surface area (Å²) in [5.74, 6) is -0.101. The lowest BCUT2D eigenvalue weighted by molar-refractivity contribution is 0.103. The summed E-state index contributed by atoms with van der Waals surface area (Å²) in [6.07, 6.45) is 1.47. The predicted molar refractivity (Wildman–Crippen MR) is 63.7 cm³/mol. The van der Waals surface area contributed by atoms with Crippen molar-refractivity contribution in [2.75, 3.05) is 0 Å². The molecule has 0 saturated heterocycles. The first-order valence-corrected chi connectivity index (χ1v) is 6.06. The average Bonchev–Trinajstić information content (AvgIpc) is 2.73. The first-order valence-electron chi connectivity index (χ1n) is 4.07. The Bertz CT molecular complexity index is 500. The number of aromatic nitrogens is 2. The van der Waals surface area contributed by atoms with Crippen molar-refractivity contribution in [1.29, 1.82) is 0 Å². The summed E-state index contributed by atoms with van der Waals surface area (Å²) >= 11 is 10.6. The highest BCUT2D eigenvalue weighted by atomic mass is 79.9. The molecule has 0 aliphatic heterocycles. The topological polar surface area (TPSA) is 34.9 Å². The van der Waals surface area contributed by atoms with E-state index in [9.17, 15) is 4.79 Å². The number of aryl methyl sites for hydroxylation is 1. The Morgan fingerprint density at radius 3 is 2.80 bits per heavy atom. The Hall–Kier alpha value is -0.650.